The molecule has 0 heterocycles. The van der Waals surface area contributed by atoms with Crippen LogP contribution in [0.3, 0.4) is 0 Å². The average molecular weight is 226 g/mol. The highest BCUT2D eigenvalue weighted by Gasteiger charge is 2.26. The van der Waals surface area contributed by atoms with Gasteiger partial charge < -0.3 is 0 Å². The summed E-state index contributed by atoms with van der Waals surface area (Å²) in [6.45, 7) is 2.98. The van der Waals surface area contributed by atoms with Gasteiger partial charge in [-0.2, -0.15) is 0 Å². The Hall–Kier alpha value is -1.16. The van der Waals surface area contributed by atoms with Gasteiger partial charge in [0.2, 0.25) is 0 Å². The lowest BCUT2D eigenvalue weighted by molar-refractivity contribution is 0.0991. The molecule has 0 fully saturated rings. The number of rotatable bonds is 4. The fourth-order valence-electron chi connectivity index (χ4n) is 1.25. The SMILES string of the molecule is CCS(=O)(=O)[C@@H](C)C(=O)c1ccccc1. The number of benzene rings is 1. The van der Waals surface area contributed by atoms with Crippen LogP contribution in [0, 0.1) is 0 Å². The Morgan fingerprint density at radius 1 is 1.27 bits per heavy atom. The van der Waals surface area contributed by atoms with Gasteiger partial charge in [-0.05, 0) is 6.92 Å². The summed E-state index contributed by atoms with van der Waals surface area (Å²) in [6.07, 6.45) is 0. The van der Waals surface area contributed by atoms with Crippen molar-refractivity contribution in [2.75, 3.05) is 5.75 Å². The first-order valence-electron chi connectivity index (χ1n) is 4.80. The van der Waals surface area contributed by atoms with Crippen molar-refractivity contribution in [1.29, 1.82) is 0 Å². The average Bonchev–Trinajstić information content (AvgIpc) is 2.28. The number of hydrogen-bond donors (Lipinski definition) is 0. The third-order valence-corrected chi connectivity index (χ3v) is 4.46. The van der Waals surface area contributed by atoms with Crippen LogP contribution in [0.25, 0.3) is 0 Å². The first kappa shape index (κ1) is 11.9. The third-order valence-electron chi connectivity index (χ3n) is 2.37. The summed E-state index contributed by atoms with van der Waals surface area (Å²) in [7, 11) is -3.30. The molecule has 0 bridgehead atoms. The summed E-state index contributed by atoms with van der Waals surface area (Å²) in [4.78, 5) is 11.8. The normalized spacial score (nSPS) is 13.5. The molecule has 4 heteroatoms. The van der Waals surface area contributed by atoms with E-state index >= 15 is 0 Å². The van der Waals surface area contributed by atoms with E-state index in [4.69, 9.17) is 0 Å². The van der Waals surface area contributed by atoms with Crippen LogP contribution in [0.5, 0.6) is 0 Å². The Morgan fingerprint density at radius 3 is 2.27 bits per heavy atom. The Bertz CT molecular complexity index is 434. The standard InChI is InChI=1S/C11H14O3S/c1-3-15(13,14)9(2)11(12)10-7-5-4-6-8-10/h4-9H,3H2,1-2H3/t9-/m0/s1. The maximum Gasteiger partial charge on any atom is 0.180 e. The molecule has 1 atom stereocenters. The topological polar surface area (TPSA) is 51.2 Å². The molecule has 0 spiro atoms. The van der Waals surface area contributed by atoms with Crippen molar-refractivity contribution in [2.24, 2.45) is 0 Å². The maximum atomic E-state index is 11.8. The molecule has 0 aliphatic carbocycles. The fourth-order valence-corrected chi connectivity index (χ4v) is 2.21. The van der Waals surface area contributed by atoms with Crippen molar-refractivity contribution < 1.29 is 13.2 Å². The van der Waals surface area contributed by atoms with Gasteiger partial charge in [-0.3, -0.25) is 4.79 Å². The van der Waals surface area contributed by atoms with Gasteiger partial charge in [-0.15, -0.1) is 0 Å². The molecule has 0 aromatic heterocycles. The zero-order valence-corrected chi connectivity index (χ0v) is 9.62. The van der Waals surface area contributed by atoms with Gasteiger partial charge in [0.05, 0.1) is 0 Å². The Kier molecular flexibility index (Phi) is 3.63. The van der Waals surface area contributed by atoms with Gasteiger partial charge >= 0.3 is 0 Å². The Morgan fingerprint density at radius 2 is 1.80 bits per heavy atom. The van der Waals surface area contributed by atoms with Gasteiger partial charge in [0.15, 0.2) is 15.6 Å². The molecule has 1 aromatic rings. The second-order valence-electron chi connectivity index (χ2n) is 3.32. The Labute approximate surface area is 90.0 Å². The first-order chi connectivity index (χ1) is 6.99. The number of ketones is 1. The van der Waals surface area contributed by atoms with E-state index in [-0.39, 0.29) is 11.5 Å². The lowest BCUT2D eigenvalue weighted by atomic mass is 10.1. The molecule has 0 radical (unpaired) electrons. The van der Waals surface area contributed by atoms with Crippen molar-refractivity contribution in [3.8, 4) is 0 Å². The van der Waals surface area contributed by atoms with Crippen LogP contribution in [-0.2, 0) is 9.84 Å². The van der Waals surface area contributed by atoms with Crippen molar-refractivity contribution in [2.45, 2.75) is 19.1 Å². The van der Waals surface area contributed by atoms with E-state index < -0.39 is 15.1 Å². The van der Waals surface area contributed by atoms with E-state index in [1.165, 1.54) is 6.92 Å². The second kappa shape index (κ2) is 4.57. The summed E-state index contributed by atoms with van der Waals surface area (Å²) >= 11 is 0. The Balaban J connectivity index is 2.97. The predicted molar refractivity (Wildman–Crippen MR) is 59.7 cm³/mol. The summed E-state index contributed by atoms with van der Waals surface area (Å²) < 4.78 is 23.0. The number of hydrogen-bond acceptors (Lipinski definition) is 3. The molecule has 0 aliphatic heterocycles. The van der Waals surface area contributed by atoms with E-state index in [0.29, 0.717) is 5.56 Å². The molecule has 3 nitrogen and oxygen atoms in total. The molecular formula is C11H14O3S. The minimum absolute atomic E-state index is 0.00720. The molecule has 82 valence electrons. The van der Waals surface area contributed by atoms with Crippen LogP contribution < -0.4 is 0 Å². The smallest absolute Gasteiger partial charge is 0.180 e. The molecule has 0 saturated heterocycles. The van der Waals surface area contributed by atoms with Gasteiger partial charge in [0.1, 0.15) is 5.25 Å². The van der Waals surface area contributed by atoms with Crippen LogP contribution >= 0.6 is 0 Å². The highest BCUT2D eigenvalue weighted by molar-refractivity contribution is 7.92. The van der Waals surface area contributed by atoms with E-state index in [1.54, 1.807) is 37.3 Å². The monoisotopic (exact) mass is 226 g/mol. The van der Waals surface area contributed by atoms with Gasteiger partial charge in [-0.1, -0.05) is 37.3 Å². The second-order valence-corrected chi connectivity index (χ2v) is 5.93. The summed E-state index contributed by atoms with van der Waals surface area (Å²) in [5.74, 6) is -0.343. The van der Waals surface area contributed by atoms with Crippen LogP contribution in [0.15, 0.2) is 30.3 Å². The van der Waals surface area contributed by atoms with E-state index in [9.17, 15) is 13.2 Å². The number of carbonyl (C=O) groups excluding carboxylic acids is 1. The maximum absolute atomic E-state index is 11.8. The molecule has 0 saturated carbocycles. The lowest BCUT2D eigenvalue weighted by Gasteiger charge is -2.09. The summed E-state index contributed by atoms with van der Waals surface area (Å²) in [6, 6.07) is 8.49. The first-order valence-corrected chi connectivity index (χ1v) is 6.51. The van der Waals surface area contributed by atoms with Gasteiger partial charge in [0.25, 0.3) is 0 Å². The summed E-state index contributed by atoms with van der Waals surface area (Å²) in [5.41, 5.74) is 0.446. The fraction of sp³-hybridized carbons (Fsp3) is 0.364. The van der Waals surface area contributed by atoms with E-state index in [0.717, 1.165) is 0 Å². The number of Topliss-reactive ketones (excluding diaryl/α,β-unsaturated/α-hetero) is 1. The van der Waals surface area contributed by atoms with Crippen molar-refractivity contribution in [1.82, 2.24) is 0 Å². The zero-order valence-electron chi connectivity index (χ0n) is 8.80. The lowest BCUT2D eigenvalue weighted by Crippen LogP contribution is -2.28. The number of carbonyl (C=O) groups is 1. The van der Waals surface area contributed by atoms with Gasteiger partial charge in [-0.25, -0.2) is 8.42 Å². The van der Waals surface area contributed by atoms with E-state index in [2.05, 4.69) is 0 Å². The van der Waals surface area contributed by atoms with Crippen LogP contribution in [0.1, 0.15) is 24.2 Å². The molecule has 0 unspecified atom stereocenters. The molecule has 1 rings (SSSR count). The van der Waals surface area contributed by atoms with Crippen LogP contribution in [0.2, 0.25) is 0 Å². The molecule has 15 heavy (non-hydrogen) atoms. The zero-order chi connectivity index (χ0) is 11.5. The summed E-state index contributed by atoms with van der Waals surface area (Å²) in [5, 5.41) is -0.954. The quantitative estimate of drug-likeness (QED) is 0.734. The molecule has 1 aromatic carbocycles. The third kappa shape index (κ3) is 2.65. The van der Waals surface area contributed by atoms with E-state index in [1.807, 2.05) is 0 Å². The van der Waals surface area contributed by atoms with Crippen molar-refractivity contribution >= 4 is 15.6 Å². The molecule has 0 N–H and O–H groups in total. The molecule has 0 aliphatic rings. The van der Waals surface area contributed by atoms with Crippen LogP contribution in [-0.4, -0.2) is 25.2 Å². The number of sulfone groups is 1. The van der Waals surface area contributed by atoms with Crippen molar-refractivity contribution in [3.63, 3.8) is 0 Å². The van der Waals surface area contributed by atoms with Crippen molar-refractivity contribution in [3.05, 3.63) is 35.9 Å². The highest BCUT2D eigenvalue weighted by atomic mass is 32.2. The molecule has 0 amide bonds. The minimum atomic E-state index is -3.30. The highest BCUT2D eigenvalue weighted by Crippen LogP contribution is 2.10. The predicted octanol–water partition coefficient (Wildman–Crippen LogP) is 1.69. The minimum Gasteiger partial charge on any atom is -0.293 e. The molecular weight excluding hydrogens is 212 g/mol. The van der Waals surface area contributed by atoms with Gasteiger partial charge in [0, 0.05) is 11.3 Å². The van der Waals surface area contributed by atoms with Crippen LogP contribution in [0.4, 0.5) is 0 Å². The largest absolute Gasteiger partial charge is 0.293 e.